The summed E-state index contributed by atoms with van der Waals surface area (Å²) in [5, 5.41) is 12.5. The number of nitrogen functional groups attached to an aromatic ring is 1. The average molecular weight is 355 g/mol. The smallest absolute Gasteiger partial charge is 0.228 e. The Bertz CT molecular complexity index is 920. The molecule has 7 nitrogen and oxygen atoms in total. The van der Waals surface area contributed by atoms with E-state index in [-0.39, 0.29) is 29.9 Å². The van der Waals surface area contributed by atoms with Gasteiger partial charge in [0.15, 0.2) is 5.82 Å². The Hall–Kier alpha value is -3.26. The minimum absolute atomic E-state index is 0.0512. The first kappa shape index (κ1) is 17.6. The third-order valence-electron chi connectivity index (χ3n) is 3.78. The zero-order valence-electron chi connectivity index (χ0n) is 14.1. The minimum atomic E-state index is -0.544. The van der Waals surface area contributed by atoms with Crippen LogP contribution in [0.4, 0.5) is 16.3 Å². The Morgan fingerprint density at radius 1 is 1.08 bits per heavy atom. The molecule has 4 N–H and O–H groups in total. The third kappa shape index (κ3) is 3.70. The number of rotatable bonds is 6. The van der Waals surface area contributed by atoms with Crippen LogP contribution in [0.15, 0.2) is 42.5 Å². The molecule has 0 aliphatic heterocycles. The third-order valence-corrected chi connectivity index (χ3v) is 3.78. The number of hydrogen-bond acceptors (Lipinski definition) is 7. The molecule has 0 atom stereocenters. The number of ether oxygens (including phenoxy) is 1. The molecular weight excluding hydrogens is 337 g/mol. The lowest BCUT2D eigenvalue weighted by atomic mass is 10.1. The maximum absolute atomic E-state index is 14.2. The van der Waals surface area contributed by atoms with Crippen molar-refractivity contribution in [2.24, 2.45) is 0 Å². The molecule has 1 heterocycles. The number of nitrogens with two attached hydrogens (primary N) is 1. The summed E-state index contributed by atoms with van der Waals surface area (Å²) < 4.78 is 19.5. The van der Waals surface area contributed by atoms with E-state index < -0.39 is 5.82 Å². The van der Waals surface area contributed by atoms with Crippen LogP contribution in [0.5, 0.6) is 5.75 Å². The van der Waals surface area contributed by atoms with Crippen molar-refractivity contribution in [2.75, 3.05) is 18.2 Å². The summed E-state index contributed by atoms with van der Waals surface area (Å²) in [6.07, 6.45) is 0. The summed E-state index contributed by atoms with van der Waals surface area (Å²) in [7, 11) is 1.59. The molecule has 2 aromatic carbocycles. The van der Waals surface area contributed by atoms with Gasteiger partial charge in [-0.15, -0.1) is 0 Å². The monoisotopic (exact) mass is 355 g/mol. The van der Waals surface area contributed by atoms with Crippen molar-refractivity contribution in [1.82, 2.24) is 15.0 Å². The lowest BCUT2D eigenvalue weighted by Gasteiger charge is -2.12. The Morgan fingerprint density at radius 3 is 2.62 bits per heavy atom. The molecular formula is C18H18FN5O2. The Balaban J connectivity index is 1.92. The second-order valence-corrected chi connectivity index (χ2v) is 5.44. The van der Waals surface area contributed by atoms with Crippen LogP contribution in [0.25, 0.3) is 11.4 Å². The first-order valence-electron chi connectivity index (χ1n) is 7.88. The second kappa shape index (κ2) is 7.75. The highest BCUT2D eigenvalue weighted by Gasteiger charge is 2.15. The summed E-state index contributed by atoms with van der Waals surface area (Å²) in [6, 6.07) is 11.9. The largest absolute Gasteiger partial charge is 0.496 e. The zero-order valence-corrected chi connectivity index (χ0v) is 14.1. The molecule has 0 saturated heterocycles. The quantitative estimate of drug-likeness (QED) is 0.623. The fourth-order valence-electron chi connectivity index (χ4n) is 2.56. The summed E-state index contributed by atoms with van der Waals surface area (Å²) >= 11 is 0. The van der Waals surface area contributed by atoms with Gasteiger partial charge in [0.05, 0.1) is 19.3 Å². The average Bonchev–Trinajstić information content (AvgIpc) is 2.65. The lowest BCUT2D eigenvalue weighted by molar-refractivity contribution is 0.282. The van der Waals surface area contributed by atoms with Gasteiger partial charge in [-0.25, -0.2) is 4.39 Å². The van der Waals surface area contributed by atoms with Gasteiger partial charge >= 0.3 is 0 Å². The van der Waals surface area contributed by atoms with Gasteiger partial charge in [0.25, 0.3) is 0 Å². The van der Waals surface area contributed by atoms with Crippen LogP contribution in [0.1, 0.15) is 11.1 Å². The van der Waals surface area contributed by atoms with Gasteiger partial charge in [-0.1, -0.05) is 30.3 Å². The van der Waals surface area contributed by atoms with E-state index in [1.807, 2.05) is 24.3 Å². The number of benzene rings is 2. The summed E-state index contributed by atoms with van der Waals surface area (Å²) in [5.41, 5.74) is 7.12. The van der Waals surface area contributed by atoms with Crippen molar-refractivity contribution >= 4 is 11.9 Å². The van der Waals surface area contributed by atoms with E-state index in [0.29, 0.717) is 12.1 Å². The van der Waals surface area contributed by atoms with Crippen LogP contribution in [0, 0.1) is 5.82 Å². The van der Waals surface area contributed by atoms with Gasteiger partial charge in [-0.05, 0) is 17.7 Å². The molecule has 0 spiro atoms. The number of aliphatic hydroxyl groups is 1. The van der Waals surface area contributed by atoms with Crippen LogP contribution < -0.4 is 15.8 Å². The number of aromatic nitrogens is 3. The summed E-state index contributed by atoms with van der Waals surface area (Å²) in [4.78, 5) is 12.3. The Labute approximate surface area is 149 Å². The highest BCUT2D eigenvalue weighted by molar-refractivity contribution is 5.63. The number of nitrogens with one attached hydrogen (secondary N) is 1. The molecule has 0 aliphatic rings. The second-order valence-electron chi connectivity index (χ2n) is 5.44. The van der Waals surface area contributed by atoms with Crippen molar-refractivity contribution in [1.29, 1.82) is 0 Å². The molecule has 3 rings (SSSR count). The maximum atomic E-state index is 14.2. The number of halogens is 1. The normalized spacial score (nSPS) is 10.6. The van der Waals surface area contributed by atoms with E-state index in [2.05, 4.69) is 20.3 Å². The predicted octanol–water partition coefficient (Wildman–Crippen LogP) is 2.37. The van der Waals surface area contributed by atoms with Crippen molar-refractivity contribution in [3.8, 4) is 17.1 Å². The van der Waals surface area contributed by atoms with E-state index >= 15 is 0 Å². The lowest BCUT2D eigenvalue weighted by Crippen LogP contribution is -2.10. The number of aliphatic hydroxyl groups excluding tert-OH is 1. The number of methoxy groups -OCH3 is 1. The molecule has 0 unspecified atom stereocenters. The fraction of sp³-hybridized carbons (Fsp3) is 0.167. The van der Waals surface area contributed by atoms with E-state index in [9.17, 15) is 9.50 Å². The van der Waals surface area contributed by atoms with Gasteiger partial charge in [0.1, 0.15) is 11.6 Å². The highest BCUT2D eigenvalue weighted by Crippen LogP contribution is 2.25. The van der Waals surface area contributed by atoms with Crippen LogP contribution in [-0.4, -0.2) is 27.2 Å². The molecule has 0 fully saturated rings. The molecule has 3 aromatic rings. The van der Waals surface area contributed by atoms with E-state index in [1.165, 1.54) is 12.1 Å². The molecule has 1 aromatic heterocycles. The minimum Gasteiger partial charge on any atom is -0.496 e. The van der Waals surface area contributed by atoms with Crippen molar-refractivity contribution in [3.05, 3.63) is 59.4 Å². The van der Waals surface area contributed by atoms with Crippen molar-refractivity contribution in [2.45, 2.75) is 13.2 Å². The van der Waals surface area contributed by atoms with E-state index in [1.54, 1.807) is 13.2 Å². The van der Waals surface area contributed by atoms with E-state index in [4.69, 9.17) is 10.5 Å². The SMILES string of the molecule is COc1ccccc1CNc1nc(N)nc(-c2c(F)cccc2CO)n1. The predicted molar refractivity (Wildman–Crippen MR) is 95.9 cm³/mol. The first-order chi connectivity index (χ1) is 12.6. The van der Waals surface area contributed by atoms with Gasteiger partial charge in [-0.2, -0.15) is 15.0 Å². The maximum Gasteiger partial charge on any atom is 0.228 e. The number of nitrogens with zero attached hydrogens (tertiary/aromatic N) is 3. The van der Waals surface area contributed by atoms with E-state index in [0.717, 1.165) is 11.3 Å². The van der Waals surface area contributed by atoms with Gasteiger partial charge in [-0.3, -0.25) is 0 Å². The van der Waals surface area contributed by atoms with Gasteiger partial charge in [0, 0.05) is 12.1 Å². The molecule has 8 heteroatoms. The van der Waals surface area contributed by atoms with Gasteiger partial charge in [0.2, 0.25) is 11.9 Å². The highest BCUT2D eigenvalue weighted by atomic mass is 19.1. The molecule has 0 saturated carbocycles. The van der Waals surface area contributed by atoms with Crippen LogP contribution in [0.3, 0.4) is 0 Å². The van der Waals surface area contributed by atoms with Crippen LogP contribution >= 0.6 is 0 Å². The first-order valence-corrected chi connectivity index (χ1v) is 7.88. The number of anilines is 2. The molecule has 0 aliphatic carbocycles. The van der Waals surface area contributed by atoms with Crippen LogP contribution in [0.2, 0.25) is 0 Å². The summed E-state index contributed by atoms with van der Waals surface area (Å²) in [5.74, 6) is 0.383. The summed E-state index contributed by atoms with van der Waals surface area (Å²) in [6.45, 7) is 0.0414. The van der Waals surface area contributed by atoms with Crippen molar-refractivity contribution in [3.63, 3.8) is 0 Å². The Kier molecular flexibility index (Phi) is 5.23. The molecule has 0 radical (unpaired) electrons. The van der Waals surface area contributed by atoms with Gasteiger partial charge < -0.3 is 20.9 Å². The number of para-hydroxylation sites is 1. The zero-order chi connectivity index (χ0) is 18.5. The van der Waals surface area contributed by atoms with Crippen molar-refractivity contribution < 1.29 is 14.2 Å². The molecule has 26 heavy (non-hydrogen) atoms. The standard InChI is InChI=1S/C18H18FN5O2/c1-26-14-8-3-2-5-11(14)9-21-18-23-16(22-17(20)24-18)15-12(10-25)6-4-7-13(15)19/h2-8,25H,9-10H2,1H3,(H3,20,21,22,23,24). The Morgan fingerprint density at radius 2 is 1.85 bits per heavy atom. The fourth-order valence-corrected chi connectivity index (χ4v) is 2.56. The number of hydrogen-bond donors (Lipinski definition) is 3. The molecule has 134 valence electrons. The molecule has 0 amide bonds. The topological polar surface area (TPSA) is 106 Å². The molecule has 0 bridgehead atoms. The van der Waals surface area contributed by atoms with Crippen LogP contribution in [-0.2, 0) is 13.2 Å².